The second kappa shape index (κ2) is 4.23. The van der Waals surface area contributed by atoms with E-state index in [0.717, 1.165) is 6.07 Å². The van der Waals surface area contributed by atoms with Crippen molar-refractivity contribution in [2.24, 2.45) is 5.41 Å². The topological polar surface area (TPSA) is 52.9 Å². The Morgan fingerprint density at radius 2 is 2.00 bits per heavy atom. The van der Waals surface area contributed by atoms with Crippen molar-refractivity contribution >= 4 is 11.6 Å². The third kappa shape index (κ3) is 2.52. The van der Waals surface area contributed by atoms with E-state index >= 15 is 0 Å². The number of rotatable bonds is 2. The van der Waals surface area contributed by atoms with Crippen LogP contribution in [0.15, 0.2) is 18.2 Å². The number of hydrogen-bond donors (Lipinski definition) is 1. The number of benzene rings is 1. The van der Waals surface area contributed by atoms with E-state index < -0.39 is 28.9 Å². The molecule has 1 fully saturated rings. The summed E-state index contributed by atoms with van der Waals surface area (Å²) in [6, 6.07) is 3.99. The Morgan fingerprint density at radius 3 is 2.47 bits per heavy atom. The predicted octanol–water partition coefficient (Wildman–Crippen LogP) is 3.09. The average Bonchev–Trinajstić information content (AvgIpc) is 3.11. The molecule has 0 radical (unpaired) electrons. The van der Waals surface area contributed by atoms with Gasteiger partial charge in [0.1, 0.15) is 11.2 Å². The molecule has 3 nitrogen and oxygen atoms in total. The third-order valence-electron chi connectivity index (χ3n) is 2.93. The van der Waals surface area contributed by atoms with E-state index in [2.05, 4.69) is 5.32 Å². The van der Waals surface area contributed by atoms with Gasteiger partial charge in [0.05, 0.1) is 11.6 Å². The fourth-order valence-electron chi connectivity index (χ4n) is 1.59. The van der Waals surface area contributed by atoms with Crippen LogP contribution >= 0.6 is 0 Å². The summed E-state index contributed by atoms with van der Waals surface area (Å²) in [5.74, 6) is -2.07. The van der Waals surface area contributed by atoms with Crippen LogP contribution in [0.4, 0.5) is 23.2 Å². The van der Waals surface area contributed by atoms with Crippen molar-refractivity contribution in [2.45, 2.75) is 19.0 Å². The monoisotopic (exact) mass is 272 g/mol. The number of halogens is 4. The molecular weight excluding hydrogens is 264 g/mol. The first-order valence-corrected chi connectivity index (χ1v) is 5.38. The van der Waals surface area contributed by atoms with E-state index in [-0.39, 0.29) is 5.69 Å². The van der Waals surface area contributed by atoms with Gasteiger partial charge in [-0.2, -0.15) is 18.4 Å². The molecule has 1 aromatic rings. The van der Waals surface area contributed by atoms with E-state index in [1.165, 1.54) is 0 Å². The first-order valence-electron chi connectivity index (χ1n) is 5.38. The molecule has 0 saturated heterocycles. The van der Waals surface area contributed by atoms with Gasteiger partial charge in [-0.15, -0.1) is 0 Å². The predicted molar refractivity (Wildman–Crippen MR) is 57.3 cm³/mol. The summed E-state index contributed by atoms with van der Waals surface area (Å²) >= 11 is 0. The Hall–Kier alpha value is -2.10. The molecule has 1 N–H and O–H groups in total. The SMILES string of the molecule is N#CC1(C(=O)Nc2ccc(F)c(C(F)(F)F)c2)CC1. The summed E-state index contributed by atoms with van der Waals surface area (Å²) in [6.07, 6.45) is -4.08. The van der Waals surface area contributed by atoms with Gasteiger partial charge in [0, 0.05) is 5.69 Å². The molecule has 0 heterocycles. The summed E-state index contributed by atoms with van der Waals surface area (Å²) in [6.45, 7) is 0. The molecule has 1 saturated carbocycles. The maximum absolute atomic E-state index is 13.0. The minimum atomic E-state index is -4.84. The normalized spacial score (nSPS) is 16.6. The van der Waals surface area contributed by atoms with E-state index in [1.54, 1.807) is 0 Å². The van der Waals surface area contributed by atoms with Crippen LogP contribution in [0.25, 0.3) is 0 Å². The molecular formula is C12H8F4N2O. The maximum atomic E-state index is 13.0. The summed E-state index contributed by atoms with van der Waals surface area (Å²) in [5, 5.41) is 11.0. The first kappa shape index (κ1) is 13.3. The van der Waals surface area contributed by atoms with Gasteiger partial charge >= 0.3 is 6.18 Å². The fourth-order valence-corrected chi connectivity index (χ4v) is 1.59. The van der Waals surface area contributed by atoms with Gasteiger partial charge in [-0.25, -0.2) is 4.39 Å². The van der Waals surface area contributed by atoms with Crippen LogP contribution in [0, 0.1) is 22.6 Å². The molecule has 0 aromatic heterocycles. The van der Waals surface area contributed by atoms with Crippen molar-refractivity contribution < 1.29 is 22.4 Å². The number of nitrogens with zero attached hydrogens (tertiary/aromatic N) is 1. The lowest BCUT2D eigenvalue weighted by molar-refractivity contribution is -0.140. The summed E-state index contributed by atoms with van der Waals surface area (Å²) in [5.41, 5.74) is -2.78. The van der Waals surface area contributed by atoms with Gasteiger partial charge in [0.25, 0.3) is 0 Å². The molecule has 0 unspecified atom stereocenters. The van der Waals surface area contributed by atoms with Gasteiger partial charge in [-0.3, -0.25) is 4.79 Å². The highest BCUT2D eigenvalue weighted by molar-refractivity contribution is 5.99. The van der Waals surface area contributed by atoms with Crippen LogP contribution < -0.4 is 5.32 Å². The van der Waals surface area contributed by atoms with Crippen molar-refractivity contribution in [1.82, 2.24) is 0 Å². The van der Waals surface area contributed by atoms with Crippen LogP contribution in [0.1, 0.15) is 18.4 Å². The molecule has 0 aliphatic heterocycles. The standard InChI is InChI=1S/C12H8F4N2O/c13-9-2-1-7(5-8(9)12(14,15)16)18-10(19)11(6-17)3-4-11/h1-2,5H,3-4H2,(H,18,19). The molecule has 2 rings (SSSR count). The summed E-state index contributed by atoms with van der Waals surface area (Å²) in [7, 11) is 0. The number of carbonyl (C=O) groups excluding carboxylic acids is 1. The average molecular weight is 272 g/mol. The molecule has 0 atom stereocenters. The quantitative estimate of drug-likeness (QED) is 0.841. The molecule has 1 aromatic carbocycles. The zero-order chi connectivity index (χ0) is 14.3. The van der Waals surface area contributed by atoms with Crippen molar-refractivity contribution in [3.8, 4) is 6.07 Å². The zero-order valence-corrected chi connectivity index (χ0v) is 9.51. The highest BCUT2D eigenvalue weighted by Gasteiger charge is 2.50. The van der Waals surface area contributed by atoms with E-state index in [9.17, 15) is 22.4 Å². The summed E-state index contributed by atoms with van der Waals surface area (Å²) < 4.78 is 50.5. The Balaban J connectivity index is 2.23. The largest absolute Gasteiger partial charge is 0.419 e. The number of carbonyl (C=O) groups is 1. The minimum absolute atomic E-state index is 0.180. The highest BCUT2D eigenvalue weighted by Crippen LogP contribution is 2.45. The second-order valence-corrected chi connectivity index (χ2v) is 4.34. The first-order chi connectivity index (χ1) is 8.78. The van der Waals surface area contributed by atoms with Gasteiger partial charge in [0.15, 0.2) is 0 Å². The van der Waals surface area contributed by atoms with E-state index in [0.29, 0.717) is 25.0 Å². The number of nitriles is 1. The van der Waals surface area contributed by atoms with E-state index in [4.69, 9.17) is 5.26 Å². The maximum Gasteiger partial charge on any atom is 0.419 e. The fraction of sp³-hybridized carbons (Fsp3) is 0.333. The number of alkyl halides is 3. The molecule has 1 aliphatic rings. The lowest BCUT2D eigenvalue weighted by Crippen LogP contribution is -2.23. The summed E-state index contributed by atoms with van der Waals surface area (Å²) in [4.78, 5) is 11.7. The molecule has 7 heteroatoms. The molecule has 1 aliphatic carbocycles. The molecule has 0 spiro atoms. The highest BCUT2D eigenvalue weighted by atomic mass is 19.4. The Morgan fingerprint density at radius 1 is 1.37 bits per heavy atom. The van der Waals surface area contributed by atoms with Crippen LogP contribution in [0.3, 0.4) is 0 Å². The smallest absolute Gasteiger partial charge is 0.325 e. The second-order valence-electron chi connectivity index (χ2n) is 4.34. The number of anilines is 1. The molecule has 0 bridgehead atoms. The van der Waals surface area contributed by atoms with Crippen LogP contribution in [0.2, 0.25) is 0 Å². The Labute approximate surface area is 105 Å². The van der Waals surface area contributed by atoms with Crippen LogP contribution in [-0.2, 0) is 11.0 Å². The number of amides is 1. The van der Waals surface area contributed by atoms with Gasteiger partial charge in [-0.05, 0) is 31.0 Å². The lowest BCUT2D eigenvalue weighted by Gasteiger charge is -2.12. The van der Waals surface area contributed by atoms with Crippen LogP contribution in [0.5, 0.6) is 0 Å². The van der Waals surface area contributed by atoms with Crippen molar-refractivity contribution in [1.29, 1.82) is 5.26 Å². The lowest BCUT2D eigenvalue weighted by atomic mass is 10.1. The van der Waals surface area contributed by atoms with Gasteiger partial charge in [-0.1, -0.05) is 0 Å². The zero-order valence-electron chi connectivity index (χ0n) is 9.51. The minimum Gasteiger partial charge on any atom is -0.325 e. The van der Waals surface area contributed by atoms with Crippen molar-refractivity contribution in [2.75, 3.05) is 5.32 Å². The van der Waals surface area contributed by atoms with Crippen LogP contribution in [-0.4, -0.2) is 5.91 Å². The Kier molecular flexibility index (Phi) is 2.97. The molecule has 19 heavy (non-hydrogen) atoms. The molecule has 1 amide bonds. The van der Waals surface area contributed by atoms with Crippen molar-refractivity contribution in [3.63, 3.8) is 0 Å². The number of hydrogen-bond acceptors (Lipinski definition) is 2. The Bertz CT molecular complexity index is 570. The van der Waals surface area contributed by atoms with Gasteiger partial charge < -0.3 is 5.32 Å². The number of nitrogens with one attached hydrogen (secondary N) is 1. The third-order valence-corrected chi connectivity index (χ3v) is 2.93. The van der Waals surface area contributed by atoms with Gasteiger partial charge in [0.2, 0.25) is 5.91 Å². The van der Waals surface area contributed by atoms with E-state index in [1.807, 2.05) is 6.07 Å². The van der Waals surface area contributed by atoms with Crippen molar-refractivity contribution in [3.05, 3.63) is 29.6 Å². The molecule has 100 valence electrons.